The number of amides is 3. The van der Waals surface area contributed by atoms with Crippen LogP contribution < -0.4 is 4.90 Å². The largest absolute Gasteiger partial charge is 0.508 e. The first-order valence-corrected chi connectivity index (χ1v) is 22.9. The monoisotopic (exact) mass is 883 g/mol. The molecule has 0 spiro atoms. The van der Waals surface area contributed by atoms with Gasteiger partial charge in [0.1, 0.15) is 18.0 Å². The third kappa shape index (κ3) is 9.24. The van der Waals surface area contributed by atoms with E-state index in [0.29, 0.717) is 18.4 Å². The molecule has 3 saturated heterocycles. The minimum absolute atomic E-state index is 0.0614. The summed E-state index contributed by atoms with van der Waals surface area (Å²) in [5.74, 6) is -0.415. The van der Waals surface area contributed by atoms with Crippen LogP contribution in [0.3, 0.4) is 0 Å². The van der Waals surface area contributed by atoms with Gasteiger partial charge in [-0.15, -0.1) is 6.58 Å². The summed E-state index contributed by atoms with van der Waals surface area (Å²) >= 11 is 0. The normalized spacial score (nSPS) is 18.2. The Kier molecular flexibility index (Phi) is 12.9. The molecule has 66 heavy (non-hydrogen) atoms. The predicted molar refractivity (Wildman–Crippen MR) is 258 cm³/mol. The number of phenolic OH excluding ortho intramolecular Hbond substituents is 1. The number of piperazine rings is 2. The summed E-state index contributed by atoms with van der Waals surface area (Å²) < 4.78 is 2.08. The number of anilines is 1. The molecule has 0 bridgehead atoms. The molecule has 12 heteroatoms. The predicted octanol–water partition coefficient (Wildman–Crippen LogP) is 6.71. The number of phenols is 1. The van der Waals surface area contributed by atoms with E-state index in [-0.39, 0.29) is 68.3 Å². The Balaban J connectivity index is 0.972. The van der Waals surface area contributed by atoms with Crippen molar-refractivity contribution >= 4 is 40.1 Å². The molecule has 12 nitrogen and oxygen atoms in total. The van der Waals surface area contributed by atoms with E-state index in [4.69, 9.17) is 0 Å². The zero-order valence-electron chi connectivity index (χ0n) is 37.8. The molecule has 5 aromatic carbocycles. The van der Waals surface area contributed by atoms with Crippen molar-refractivity contribution in [3.63, 3.8) is 0 Å². The number of carbonyl (C=O) groups excluding carboxylic acids is 4. The molecule has 0 saturated carbocycles. The van der Waals surface area contributed by atoms with Gasteiger partial charge < -0.3 is 29.3 Å². The van der Waals surface area contributed by atoms with Crippen LogP contribution in [0.4, 0.5) is 5.69 Å². The minimum Gasteiger partial charge on any atom is -0.508 e. The van der Waals surface area contributed by atoms with Crippen LogP contribution in [-0.4, -0.2) is 123 Å². The fourth-order valence-electron chi connectivity index (χ4n) is 9.90. The lowest BCUT2D eigenvalue weighted by molar-refractivity contribution is -0.205. The minimum atomic E-state index is -0.887. The molecule has 6 aromatic rings. The molecule has 3 amide bonds. The third-order valence-corrected chi connectivity index (χ3v) is 13.4. The molecule has 1 N–H and O–H groups in total. The Bertz CT molecular complexity index is 2730. The highest BCUT2D eigenvalue weighted by atomic mass is 16.3. The van der Waals surface area contributed by atoms with E-state index in [9.17, 15) is 24.3 Å². The fraction of sp³-hybridized carbons (Fsp3) is 0.296. The Morgan fingerprint density at radius 1 is 0.788 bits per heavy atom. The second-order valence-corrected chi connectivity index (χ2v) is 17.8. The Morgan fingerprint density at radius 3 is 2.21 bits per heavy atom. The summed E-state index contributed by atoms with van der Waals surface area (Å²) in [5.41, 5.74) is 8.51. The average Bonchev–Trinajstić information content (AvgIpc) is 3.67. The number of hydrazine groups is 1. The van der Waals surface area contributed by atoms with Gasteiger partial charge in [-0.05, 0) is 65.6 Å². The Morgan fingerprint density at radius 2 is 1.50 bits per heavy atom. The van der Waals surface area contributed by atoms with Gasteiger partial charge in [-0.25, -0.2) is 10.0 Å². The number of hydrogen-bond acceptors (Lipinski definition) is 8. The molecule has 9 rings (SSSR count). The molecule has 2 atom stereocenters. The van der Waals surface area contributed by atoms with Crippen molar-refractivity contribution in [3.05, 3.63) is 168 Å². The molecule has 338 valence electrons. The van der Waals surface area contributed by atoms with Crippen molar-refractivity contribution in [1.82, 2.24) is 29.3 Å². The highest BCUT2D eigenvalue weighted by molar-refractivity contribution is 6.01. The van der Waals surface area contributed by atoms with Crippen molar-refractivity contribution in [3.8, 4) is 16.9 Å². The molecule has 1 aromatic heterocycles. The van der Waals surface area contributed by atoms with Crippen molar-refractivity contribution in [1.29, 1.82) is 0 Å². The van der Waals surface area contributed by atoms with Gasteiger partial charge in [-0.2, -0.15) is 0 Å². The van der Waals surface area contributed by atoms with Gasteiger partial charge in [0.15, 0.2) is 5.78 Å². The van der Waals surface area contributed by atoms with Crippen LogP contribution >= 0.6 is 0 Å². The molecule has 0 aliphatic carbocycles. The number of aromatic nitrogens is 1. The molecule has 3 fully saturated rings. The number of rotatable bonds is 14. The maximum absolute atomic E-state index is 14.8. The second-order valence-electron chi connectivity index (χ2n) is 17.8. The van der Waals surface area contributed by atoms with E-state index in [0.717, 1.165) is 70.5 Å². The van der Waals surface area contributed by atoms with Crippen molar-refractivity contribution in [2.24, 2.45) is 7.05 Å². The number of fused-ring (bicyclic) bond motifs is 2. The van der Waals surface area contributed by atoms with Crippen LogP contribution in [0.25, 0.3) is 22.0 Å². The van der Waals surface area contributed by atoms with Crippen molar-refractivity contribution < 1.29 is 24.3 Å². The van der Waals surface area contributed by atoms with Crippen LogP contribution in [0.2, 0.25) is 0 Å². The summed E-state index contributed by atoms with van der Waals surface area (Å²) in [4.78, 5) is 65.0. The molecular formula is C54H57N7O5. The number of carbonyl (C=O) groups is 4. The summed E-state index contributed by atoms with van der Waals surface area (Å²) in [6, 6.07) is 37.9. The number of para-hydroxylation sites is 1. The summed E-state index contributed by atoms with van der Waals surface area (Å²) in [5, 5.41) is 14.5. The number of Topliss-reactive ketones (excluding diaryl/α,β-unsaturated/α-hetero) is 1. The summed E-state index contributed by atoms with van der Waals surface area (Å²) in [6.45, 7) is 8.59. The quantitative estimate of drug-likeness (QED) is 0.0950. The van der Waals surface area contributed by atoms with E-state index in [1.165, 1.54) is 5.69 Å². The van der Waals surface area contributed by atoms with Crippen molar-refractivity contribution in [2.75, 3.05) is 57.8 Å². The number of ketones is 1. The van der Waals surface area contributed by atoms with Gasteiger partial charge in [0, 0.05) is 94.0 Å². The topological polar surface area (TPSA) is 113 Å². The first-order valence-electron chi connectivity index (χ1n) is 22.9. The number of likely N-dealkylation sites (N-methyl/N-ethyl adjacent to an activating group) is 1. The Hall–Kier alpha value is -7.02. The van der Waals surface area contributed by atoms with Crippen LogP contribution in [0.15, 0.2) is 140 Å². The second kappa shape index (κ2) is 19.2. The lowest BCUT2D eigenvalue weighted by atomic mass is 9.97. The van der Waals surface area contributed by atoms with Gasteiger partial charge in [0.25, 0.3) is 0 Å². The average molecular weight is 884 g/mol. The van der Waals surface area contributed by atoms with Crippen LogP contribution in [-0.2, 0) is 47.2 Å². The molecular weight excluding hydrogens is 827 g/mol. The first kappa shape index (κ1) is 44.2. The lowest BCUT2D eigenvalue weighted by Gasteiger charge is -2.55. The highest BCUT2D eigenvalue weighted by Crippen LogP contribution is 2.35. The molecule has 3 aliphatic heterocycles. The van der Waals surface area contributed by atoms with E-state index >= 15 is 0 Å². The zero-order chi connectivity index (χ0) is 45.9. The number of aryl methyl sites for hydroxylation is 2. The van der Waals surface area contributed by atoms with E-state index in [2.05, 4.69) is 64.5 Å². The maximum Gasteiger partial charge on any atom is 0.246 e. The van der Waals surface area contributed by atoms with Gasteiger partial charge >= 0.3 is 0 Å². The zero-order valence-corrected chi connectivity index (χ0v) is 37.8. The number of hydrogen-bond donors (Lipinski definition) is 1. The standard InChI is InChI=1S/C54H57N7O5/c1-4-27-59-37-52(65)60-48(32-39-15-24-45(62)25-16-39)54(66)58(36-50(60)61(59)51(64)26-17-38-9-6-5-7-10-38)34-43-11-8-12-46-47(35-56(3)53(43)46)41-18-20-42(21-19-41)49(63)33-40-13-22-44(23-14-40)57-30-28-55(2)29-31-57/h4-16,18-25,35,48,50,62H,1,17,26-34,36-37H2,2-3H3/t48-,50-/m0/s1. The molecule has 0 unspecified atom stereocenters. The van der Waals surface area contributed by atoms with Gasteiger partial charge in [0.05, 0.1) is 18.6 Å². The lowest BCUT2D eigenvalue weighted by Crippen LogP contribution is -2.75. The Labute approximate surface area is 386 Å². The van der Waals surface area contributed by atoms with Gasteiger partial charge in [0.2, 0.25) is 17.7 Å². The van der Waals surface area contributed by atoms with Crippen molar-refractivity contribution in [2.45, 2.75) is 44.4 Å². The maximum atomic E-state index is 14.8. The highest BCUT2D eigenvalue weighted by Gasteiger charge is 2.51. The number of benzene rings is 5. The molecule has 4 heterocycles. The van der Waals surface area contributed by atoms with Gasteiger partial charge in [-0.3, -0.25) is 19.2 Å². The van der Waals surface area contributed by atoms with Crippen LogP contribution in [0.5, 0.6) is 5.75 Å². The van der Waals surface area contributed by atoms with Crippen LogP contribution in [0.1, 0.15) is 39.0 Å². The third-order valence-electron chi connectivity index (χ3n) is 13.4. The molecule has 0 radical (unpaired) electrons. The van der Waals surface area contributed by atoms with Crippen LogP contribution in [0, 0.1) is 0 Å². The SMILES string of the molecule is C=CCN1CC(=O)N2[C@@H](Cc3ccc(O)cc3)C(=O)N(Cc3cccc4c(-c5ccc(C(=O)Cc6ccc(N7CCN(C)CC7)cc6)cc5)cn(C)c34)C[C@@H]2N1C(=O)CCc1ccccc1. The van der Waals surface area contributed by atoms with E-state index in [1.54, 1.807) is 50.2 Å². The summed E-state index contributed by atoms with van der Waals surface area (Å²) in [7, 11) is 4.15. The summed E-state index contributed by atoms with van der Waals surface area (Å²) in [6.07, 6.45) is 4.31. The van der Waals surface area contributed by atoms with E-state index in [1.807, 2.05) is 73.8 Å². The molecule has 3 aliphatic rings. The number of aromatic hydroxyl groups is 1. The smallest absolute Gasteiger partial charge is 0.246 e. The van der Waals surface area contributed by atoms with E-state index < -0.39 is 12.2 Å². The number of nitrogens with zero attached hydrogens (tertiary/aromatic N) is 7. The first-order chi connectivity index (χ1) is 32.0. The van der Waals surface area contributed by atoms with Gasteiger partial charge in [-0.1, -0.05) is 103 Å². The fourth-order valence-corrected chi connectivity index (χ4v) is 9.90.